The summed E-state index contributed by atoms with van der Waals surface area (Å²) in [6.07, 6.45) is 25.8. The van der Waals surface area contributed by atoms with Crippen LogP contribution in [0.2, 0.25) is 0 Å². The van der Waals surface area contributed by atoms with Crippen LogP contribution in [0.5, 0.6) is 0 Å². The molecule has 0 radical (unpaired) electrons. The molecule has 0 heterocycles. The first-order valence-corrected chi connectivity index (χ1v) is 12.6. The fraction of sp³-hybridized carbons (Fsp3) is 0.630. The fourth-order valence-corrected chi connectivity index (χ4v) is 5.63. The minimum Gasteiger partial charge on any atom is -0.484 e. The maximum absolute atomic E-state index is 12.7. The monoisotopic (exact) mass is 454 g/mol. The molecule has 2 N–H and O–H groups in total. The number of allylic oxidation sites excluding steroid dienone is 7. The SMILES string of the molecule is O=C(COC1=C/C=C\C=C/C=C\1)NC12CC(C(=O)NCCOC3CCCCCCCC3)(C1)C2. The molecule has 6 nitrogen and oxygen atoms in total. The van der Waals surface area contributed by atoms with Crippen LogP contribution < -0.4 is 10.6 Å². The lowest BCUT2D eigenvalue weighted by Gasteiger charge is -2.69. The molecule has 0 aromatic rings. The van der Waals surface area contributed by atoms with E-state index in [2.05, 4.69) is 10.6 Å². The van der Waals surface area contributed by atoms with Gasteiger partial charge < -0.3 is 20.1 Å². The Morgan fingerprint density at radius 1 is 0.909 bits per heavy atom. The zero-order chi connectivity index (χ0) is 23.0. The Bertz CT molecular complexity index is 796. The van der Waals surface area contributed by atoms with Crippen molar-refractivity contribution in [2.45, 2.75) is 82.3 Å². The van der Waals surface area contributed by atoms with Crippen molar-refractivity contribution >= 4 is 11.8 Å². The van der Waals surface area contributed by atoms with Gasteiger partial charge in [-0.15, -0.1) is 0 Å². The highest BCUT2D eigenvalue weighted by atomic mass is 16.5. The second-order valence-electron chi connectivity index (χ2n) is 10.1. The van der Waals surface area contributed by atoms with Crippen molar-refractivity contribution in [2.75, 3.05) is 19.8 Å². The molecule has 5 rings (SSSR count). The Labute approximate surface area is 197 Å². The van der Waals surface area contributed by atoms with Gasteiger partial charge in [-0.05, 0) is 44.3 Å². The molecule has 33 heavy (non-hydrogen) atoms. The molecule has 0 saturated heterocycles. The van der Waals surface area contributed by atoms with Crippen LogP contribution in [0.4, 0.5) is 0 Å². The van der Waals surface area contributed by atoms with Crippen LogP contribution in [0.1, 0.15) is 70.6 Å². The quantitative estimate of drug-likeness (QED) is 0.511. The van der Waals surface area contributed by atoms with Crippen molar-refractivity contribution in [1.82, 2.24) is 10.6 Å². The van der Waals surface area contributed by atoms with Gasteiger partial charge in [0.2, 0.25) is 5.91 Å². The van der Waals surface area contributed by atoms with Gasteiger partial charge in [0.25, 0.3) is 5.91 Å². The van der Waals surface area contributed by atoms with Gasteiger partial charge in [-0.1, -0.05) is 68.9 Å². The third-order valence-electron chi connectivity index (χ3n) is 7.30. The molecule has 2 amide bonds. The second kappa shape index (κ2) is 11.2. The van der Waals surface area contributed by atoms with E-state index in [0.29, 0.717) is 25.0 Å². The predicted octanol–water partition coefficient (Wildman–Crippen LogP) is 4.24. The number of ether oxygens (including phenoxy) is 2. The molecule has 180 valence electrons. The van der Waals surface area contributed by atoms with Gasteiger partial charge in [0, 0.05) is 12.1 Å². The van der Waals surface area contributed by atoms with Crippen LogP contribution in [-0.2, 0) is 19.1 Å². The summed E-state index contributed by atoms with van der Waals surface area (Å²) < 4.78 is 11.7. The van der Waals surface area contributed by atoms with Gasteiger partial charge in [0.15, 0.2) is 6.61 Å². The number of nitrogens with one attached hydrogen (secondary N) is 2. The topological polar surface area (TPSA) is 76.7 Å². The van der Waals surface area contributed by atoms with Crippen LogP contribution in [0, 0.1) is 5.41 Å². The van der Waals surface area contributed by atoms with Crippen molar-refractivity contribution in [2.24, 2.45) is 5.41 Å². The maximum atomic E-state index is 12.7. The highest BCUT2D eigenvalue weighted by molar-refractivity contribution is 5.88. The number of amides is 2. The van der Waals surface area contributed by atoms with E-state index in [4.69, 9.17) is 9.47 Å². The lowest BCUT2D eigenvalue weighted by Crippen LogP contribution is -2.78. The Morgan fingerprint density at radius 2 is 1.58 bits per heavy atom. The van der Waals surface area contributed by atoms with Crippen LogP contribution in [0.15, 0.2) is 48.3 Å². The van der Waals surface area contributed by atoms with E-state index in [9.17, 15) is 9.59 Å². The zero-order valence-corrected chi connectivity index (χ0v) is 19.7. The summed E-state index contributed by atoms with van der Waals surface area (Å²) in [4.78, 5) is 25.0. The van der Waals surface area contributed by atoms with Crippen LogP contribution in [0.25, 0.3) is 0 Å². The Hall–Kier alpha value is -2.34. The molecule has 4 saturated carbocycles. The van der Waals surface area contributed by atoms with Gasteiger partial charge in [0.05, 0.1) is 18.1 Å². The molecule has 0 aromatic heterocycles. The van der Waals surface area contributed by atoms with Gasteiger partial charge >= 0.3 is 0 Å². The second-order valence-corrected chi connectivity index (χ2v) is 10.1. The summed E-state index contributed by atoms with van der Waals surface area (Å²) in [5.74, 6) is 0.622. The van der Waals surface area contributed by atoms with E-state index in [1.165, 1.54) is 38.5 Å². The number of carbonyl (C=O) groups is 2. The van der Waals surface area contributed by atoms with Gasteiger partial charge in [-0.3, -0.25) is 9.59 Å². The molecule has 0 aromatic carbocycles. The Balaban J connectivity index is 1.10. The molecule has 6 heteroatoms. The fourth-order valence-electron chi connectivity index (χ4n) is 5.63. The summed E-state index contributed by atoms with van der Waals surface area (Å²) in [5.41, 5.74) is -0.520. The van der Waals surface area contributed by atoms with Crippen molar-refractivity contribution in [3.63, 3.8) is 0 Å². The molecule has 0 unspecified atom stereocenters. The van der Waals surface area contributed by atoms with E-state index in [1.54, 1.807) is 0 Å². The normalized spacial score (nSPS) is 33.6. The summed E-state index contributed by atoms with van der Waals surface area (Å²) >= 11 is 0. The van der Waals surface area contributed by atoms with E-state index in [-0.39, 0.29) is 29.4 Å². The Morgan fingerprint density at radius 3 is 2.33 bits per heavy atom. The average molecular weight is 455 g/mol. The third kappa shape index (κ3) is 6.38. The number of hydrogen-bond acceptors (Lipinski definition) is 4. The molecule has 5 aliphatic rings. The molecule has 5 aliphatic carbocycles. The van der Waals surface area contributed by atoms with Gasteiger partial charge in [-0.25, -0.2) is 0 Å². The smallest absolute Gasteiger partial charge is 0.258 e. The summed E-state index contributed by atoms with van der Waals surface area (Å²) in [5, 5.41) is 6.14. The summed E-state index contributed by atoms with van der Waals surface area (Å²) in [7, 11) is 0. The molecule has 0 aliphatic heterocycles. The molecule has 0 spiro atoms. The first-order valence-electron chi connectivity index (χ1n) is 12.6. The minimum atomic E-state index is -0.297. The lowest BCUT2D eigenvalue weighted by atomic mass is 9.39. The lowest BCUT2D eigenvalue weighted by molar-refractivity contribution is -0.184. The molecule has 2 bridgehead atoms. The number of rotatable bonds is 9. The molecule has 0 atom stereocenters. The first-order chi connectivity index (χ1) is 16.1. The largest absolute Gasteiger partial charge is 0.484 e. The zero-order valence-electron chi connectivity index (χ0n) is 19.7. The highest BCUT2D eigenvalue weighted by Crippen LogP contribution is 2.67. The minimum absolute atomic E-state index is 0.0207. The van der Waals surface area contributed by atoms with Crippen LogP contribution in [0.3, 0.4) is 0 Å². The predicted molar refractivity (Wildman–Crippen MR) is 128 cm³/mol. The highest BCUT2D eigenvalue weighted by Gasteiger charge is 2.72. The van der Waals surface area contributed by atoms with Crippen molar-refractivity contribution in [3.05, 3.63) is 48.3 Å². The van der Waals surface area contributed by atoms with Crippen LogP contribution >= 0.6 is 0 Å². The Kier molecular flexibility index (Phi) is 8.07. The number of carbonyl (C=O) groups excluding carboxylic acids is 2. The van der Waals surface area contributed by atoms with Crippen molar-refractivity contribution < 1.29 is 19.1 Å². The summed E-state index contributed by atoms with van der Waals surface area (Å²) in [6.45, 7) is 1.13. The average Bonchev–Trinajstić information content (AvgIpc) is 2.85. The summed E-state index contributed by atoms with van der Waals surface area (Å²) in [6, 6.07) is 0. The van der Waals surface area contributed by atoms with Crippen LogP contribution in [-0.4, -0.2) is 43.2 Å². The standard InChI is InChI=1S/C27H38N2O4/c30-24(18-33-23-14-10-6-3-7-11-15-23)29-27-19-26(20-27,21-27)25(31)28-16-17-32-22-12-8-4-1-2-5-9-13-22/h3,6-7,10-11,14-15,22H,1-2,4-5,8-9,12-13,16-21H2,(H,28,31)(H,29,30)/b6-3-,7-3?,10-6?,11-7-,14-10-,15-11?,23-14?,23-15+. The van der Waals surface area contributed by atoms with E-state index >= 15 is 0 Å². The van der Waals surface area contributed by atoms with Gasteiger partial charge in [-0.2, -0.15) is 0 Å². The number of hydrogen-bond donors (Lipinski definition) is 2. The molecular weight excluding hydrogens is 416 g/mol. The van der Waals surface area contributed by atoms with E-state index in [0.717, 1.165) is 32.1 Å². The maximum Gasteiger partial charge on any atom is 0.258 e. The third-order valence-corrected chi connectivity index (χ3v) is 7.30. The van der Waals surface area contributed by atoms with E-state index < -0.39 is 0 Å². The first kappa shape index (κ1) is 23.8. The van der Waals surface area contributed by atoms with Crippen molar-refractivity contribution in [1.29, 1.82) is 0 Å². The van der Waals surface area contributed by atoms with Crippen molar-refractivity contribution in [3.8, 4) is 0 Å². The van der Waals surface area contributed by atoms with E-state index in [1.807, 2.05) is 42.5 Å². The molecular formula is C27H38N2O4. The van der Waals surface area contributed by atoms with Gasteiger partial charge in [0.1, 0.15) is 5.76 Å². The molecule has 4 fully saturated rings.